The third-order valence-corrected chi connectivity index (χ3v) is 3.73. The van der Waals surface area contributed by atoms with Crippen molar-refractivity contribution < 1.29 is 9.53 Å². The van der Waals surface area contributed by atoms with Crippen LogP contribution in [0.5, 0.6) is 5.88 Å². The van der Waals surface area contributed by atoms with Crippen molar-refractivity contribution >= 4 is 5.91 Å². The molecular weight excluding hydrogens is 264 g/mol. The molecule has 108 valence electrons. The van der Waals surface area contributed by atoms with Crippen LogP contribution in [0.15, 0.2) is 48.7 Å². The van der Waals surface area contributed by atoms with Gasteiger partial charge in [-0.25, -0.2) is 4.98 Å². The van der Waals surface area contributed by atoms with Crippen molar-refractivity contribution in [2.24, 2.45) is 0 Å². The Bertz CT molecular complexity index is 628. The first-order chi connectivity index (χ1) is 10.2. The van der Waals surface area contributed by atoms with Gasteiger partial charge in [0.05, 0.1) is 6.54 Å². The second-order valence-corrected chi connectivity index (χ2v) is 5.26. The molecule has 1 aliphatic heterocycles. The third-order valence-electron chi connectivity index (χ3n) is 3.73. The number of pyridine rings is 1. The zero-order chi connectivity index (χ0) is 14.7. The Labute approximate surface area is 124 Å². The number of aromatic nitrogens is 1. The molecule has 4 nitrogen and oxygen atoms in total. The summed E-state index contributed by atoms with van der Waals surface area (Å²) >= 11 is 0. The van der Waals surface area contributed by atoms with E-state index in [1.165, 1.54) is 0 Å². The van der Waals surface area contributed by atoms with Crippen LogP contribution in [0.1, 0.15) is 22.3 Å². The quantitative estimate of drug-likeness (QED) is 0.869. The maximum atomic E-state index is 12.5. The molecule has 1 aromatic heterocycles. The summed E-state index contributed by atoms with van der Waals surface area (Å²) < 4.78 is 5.82. The van der Waals surface area contributed by atoms with Gasteiger partial charge < -0.3 is 9.64 Å². The third kappa shape index (κ3) is 3.05. The molecule has 1 saturated heterocycles. The van der Waals surface area contributed by atoms with Crippen molar-refractivity contribution in [1.82, 2.24) is 9.88 Å². The van der Waals surface area contributed by atoms with E-state index < -0.39 is 0 Å². The van der Waals surface area contributed by atoms with E-state index in [2.05, 4.69) is 4.98 Å². The van der Waals surface area contributed by atoms with Crippen molar-refractivity contribution in [2.75, 3.05) is 13.1 Å². The lowest BCUT2D eigenvalue weighted by atomic mass is 10.1. The Morgan fingerprint density at radius 3 is 2.81 bits per heavy atom. The largest absolute Gasteiger partial charge is 0.472 e. The lowest BCUT2D eigenvalue weighted by Crippen LogP contribution is -2.31. The van der Waals surface area contributed by atoms with Crippen LogP contribution in [0.4, 0.5) is 0 Å². The highest BCUT2D eigenvalue weighted by Gasteiger charge is 2.28. The maximum Gasteiger partial charge on any atom is 0.254 e. The molecule has 1 fully saturated rings. The molecule has 0 N–H and O–H groups in total. The molecule has 1 aromatic carbocycles. The van der Waals surface area contributed by atoms with Crippen molar-refractivity contribution in [1.29, 1.82) is 0 Å². The second kappa shape index (κ2) is 5.95. The summed E-state index contributed by atoms with van der Waals surface area (Å²) in [7, 11) is 0. The fraction of sp³-hybridized carbons (Fsp3) is 0.294. The highest BCUT2D eigenvalue weighted by atomic mass is 16.5. The van der Waals surface area contributed by atoms with Gasteiger partial charge in [-0.3, -0.25) is 4.79 Å². The van der Waals surface area contributed by atoms with E-state index in [0.29, 0.717) is 12.4 Å². The Kier molecular flexibility index (Phi) is 3.86. The summed E-state index contributed by atoms with van der Waals surface area (Å²) in [5, 5.41) is 0. The van der Waals surface area contributed by atoms with E-state index in [1.807, 2.05) is 54.3 Å². The van der Waals surface area contributed by atoms with Gasteiger partial charge in [-0.15, -0.1) is 0 Å². The molecule has 1 atom stereocenters. The highest BCUT2D eigenvalue weighted by Crippen LogP contribution is 2.19. The number of carbonyl (C=O) groups is 1. The predicted octanol–water partition coefficient (Wildman–Crippen LogP) is 2.68. The molecule has 4 heteroatoms. The van der Waals surface area contributed by atoms with Crippen LogP contribution in [-0.4, -0.2) is 35.0 Å². The van der Waals surface area contributed by atoms with Crippen molar-refractivity contribution in [3.63, 3.8) is 0 Å². The first-order valence-electron chi connectivity index (χ1n) is 7.16. The smallest absolute Gasteiger partial charge is 0.254 e. The van der Waals surface area contributed by atoms with Crippen LogP contribution < -0.4 is 4.74 Å². The molecule has 0 radical (unpaired) electrons. The first-order valence-corrected chi connectivity index (χ1v) is 7.16. The molecule has 0 unspecified atom stereocenters. The van der Waals surface area contributed by atoms with E-state index >= 15 is 0 Å². The summed E-state index contributed by atoms with van der Waals surface area (Å²) in [6, 6.07) is 13.3. The molecule has 2 aromatic rings. The summed E-state index contributed by atoms with van der Waals surface area (Å²) in [5.74, 6) is 0.702. The highest BCUT2D eigenvalue weighted by molar-refractivity contribution is 5.95. The van der Waals surface area contributed by atoms with Crippen molar-refractivity contribution in [3.05, 3.63) is 59.8 Å². The van der Waals surface area contributed by atoms with Crippen LogP contribution in [0.25, 0.3) is 0 Å². The van der Waals surface area contributed by atoms with Crippen LogP contribution in [0.2, 0.25) is 0 Å². The lowest BCUT2D eigenvalue weighted by Gasteiger charge is -2.18. The lowest BCUT2D eigenvalue weighted by molar-refractivity contribution is 0.0770. The normalized spacial score (nSPS) is 17.8. The first kappa shape index (κ1) is 13.6. The van der Waals surface area contributed by atoms with E-state index in [1.54, 1.807) is 6.20 Å². The van der Waals surface area contributed by atoms with E-state index in [4.69, 9.17) is 4.74 Å². The number of ether oxygens (including phenoxy) is 1. The predicted molar refractivity (Wildman–Crippen MR) is 80.4 cm³/mol. The van der Waals surface area contributed by atoms with Gasteiger partial charge in [-0.05, 0) is 24.6 Å². The Hall–Kier alpha value is -2.36. The average Bonchev–Trinajstić information content (AvgIpc) is 2.97. The second-order valence-electron chi connectivity index (χ2n) is 5.26. The number of rotatable bonds is 3. The summed E-state index contributed by atoms with van der Waals surface area (Å²) in [6.07, 6.45) is 2.57. The molecule has 3 rings (SSSR count). The van der Waals surface area contributed by atoms with Gasteiger partial charge in [-0.1, -0.05) is 24.3 Å². The standard InChI is InChI=1S/C17H18N2O2/c1-13-6-2-3-7-15(13)17(20)19-11-9-14(12-19)21-16-8-4-5-10-18-16/h2-8,10,14H,9,11-12H2,1H3/t14-/m1/s1. The summed E-state index contributed by atoms with van der Waals surface area (Å²) in [4.78, 5) is 18.5. The minimum Gasteiger partial charge on any atom is -0.472 e. The Morgan fingerprint density at radius 2 is 2.05 bits per heavy atom. The fourth-order valence-electron chi connectivity index (χ4n) is 2.58. The Balaban J connectivity index is 1.65. The maximum absolute atomic E-state index is 12.5. The van der Waals surface area contributed by atoms with Crippen LogP contribution in [0, 0.1) is 6.92 Å². The topological polar surface area (TPSA) is 42.4 Å². The van der Waals surface area contributed by atoms with Crippen LogP contribution in [0.3, 0.4) is 0 Å². The fourth-order valence-corrected chi connectivity index (χ4v) is 2.58. The number of nitrogens with zero attached hydrogens (tertiary/aromatic N) is 2. The van der Waals surface area contributed by atoms with Gasteiger partial charge in [0.15, 0.2) is 0 Å². The van der Waals surface area contributed by atoms with Gasteiger partial charge in [0, 0.05) is 30.8 Å². The molecule has 2 heterocycles. The number of likely N-dealkylation sites (tertiary alicyclic amines) is 1. The van der Waals surface area contributed by atoms with Crippen molar-refractivity contribution in [2.45, 2.75) is 19.4 Å². The minimum atomic E-state index is 0.0212. The van der Waals surface area contributed by atoms with E-state index in [9.17, 15) is 4.79 Å². The van der Waals surface area contributed by atoms with Gasteiger partial charge in [0.25, 0.3) is 5.91 Å². The zero-order valence-corrected chi connectivity index (χ0v) is 12.0. The minimum absolute atomic E-state index is 0.0212. The number of hydrogen-bond donors (Lipinski definition) is 0. The van der Waals surface area contributed by atoms with Crippen LogP contribution >= 0.6 is 0 Å². The number of benzene rings is 1. The number of carbonyl (C=O) groups excluding carboxylic acids is 1. The van der Waals surface area contributed by atoms with Crippen LogP contribution in [-0.2, 0) is 0 Å². The summed E-state index contributed by atoms with van der Waals surface area (Å²) in [5.41, 5.74) is 1.78. The Morgan fingerprint density at radius 1 is 1.24 bits per heavy atom. The monoisotopic (exact) mass is 282 g/mol. The molecule has 0 aliphatic carbocycles. The van der Waals surface area contributed by atoms with Gasteiger partial charge >= 0.3 is 0 Å². The molecule has 0 saturated carbocycles. The molecule has 1 aliphatic rings. The zero-order valence-electron chi connectivity index (χ0n) is 12.0. The molecule has 21 heavy (non-hydrogen) atoms. The van der Waals surface area contributed by atoms with Gasteiger partial charge in [0.1, 0.15) is 6.10 Å². The number of hydrogen-bond acceptors (Lipinski definition) is 3. The molecular formula is C17H18N2O2. The molecule has 1 amide bonds. The SMILES string of the molecule is Cc1ccccc1C(=O)N1CC[C@@H](Oc2ccccn2)C1. The number of amides is 1. The molecule has 0 bridgehead atoms. The average molecular weight is 282 g/mol. The van der Waals surface area contributed by atoms with Gasteiger partial charge in [0.2, 0.25) is 5.88 Å². The van der Waals surface area contributed by atoms with Gasteiger partial charge in [-0.2, -0.15) is 0 Å². The van der Waals surface area contributed by atoms with E-state index in [0.717, 1.165) is 24.1 Å². The number of aryl methyl sites for hydroxylation is 1. The molecule has 0 spiro atoms. The van der Waals surface area contributed by atoms with Crippen molar-refractivity contribution in [3.8, 4) is 5.88 Å². The summed E-state index contributed by atoms with van der Waals surface area (Å²) in [6.45, 7) is 3.31. The van der Waals surface area contributed by atoms with E-state index in [-0.39, 0.29) is 12.0 Å².